The maximum absolute atomic E-state index is 5.25. The second kappa shape index (κ2) is 6.21. The second-order valence-corrected chi connectivity index (χ2v) is 6.03. The van der Waals surface area contributed by atoms with E-state index in [0.29, 0.717) is 5.82 Å². The van der Waals surface area contributed by atoms with Crippen LogP contribution in [0.3, 0.4) is 0 Å². The number of hydrazine groups is 1. The van der Waals surface area contributed by atoms with Crippen molar-refractivity contribution in [2.75, 3.05) is 5.43 Å². The lowest BCUT2D eigenvalue weighted by Crippen LogP contribution is -2.15. The number of nitrogens with zero attached hydrogens (tertiary/aromatic N) is 2. The summed E-state index contributed by atoms with van der Waals surface area (Å²) in [5.74, 6) is 7.70. The van der Waals surface area contributed by atoms with Gasteiger partial charge in [-0.15, -0.1) is 0 Å². The van der Waals surface area contributed by atoms with Crippen molar-refractivity contribution in [3.05, 3.63) is 18.1 Å². The van der Waals surface area contributed by atoms with Gasteiger partial charge in [0.15, 0.2) is 5.82 Å². The monoisotopic (exact) mass is 252 g/mol. The maximum atomic E-state index is 5.25. The first kappa shape index (κ1) is 12.6. The molecular weight excluding hydrogens is 232 g/mol. The van der Waals surface area contributed by atoms with Crippen LogP contribution < -0.4 is 11.3 Å². The summed E-state index contributed by atoms with van der Waals surface area (Å²) < 4.78 is 0. The van der Waals surface area contributed by atoms with E-state index in [-0.39, 0.29) is 0 Å². The lowest BCUT2D eigenvalue weighted by molar-refractivity contribution is 0.394. The number of nitrogens with two attached hydrogens (primary N) is 1. The van der Waals surface area contributed by atoms with E-state index in [4.69, 9.17) is 5.84 Å². The zero-order valence-electron chi connectivity index (χ0n) is 10.2. The van der Waals surface area contributed by atoms with Crippen LogP contribution in [0.25, 0.3) is 0 Å². The smallest absolute Gasteiger partial charge is 0.158 e. The Morgan fingerprint density at radius 1 is 1.41 bits per heavy atom. The van der Waals surface area contributed by atoms with E-state index in [0.717, 1.165) is 22.6 Å². The molecule has 5 heteroatoms. The fourth-order valence-electron chi connectivity index (χ4n) is 2.24. The van der Waals surface area contributed by atoms with E-state index in [1.807, 2.05) is 11.8 Å². The largest absolute Gasteiger partial charge is 0.307 e. The van der Waals surface area contributed by atoms with Crippen molar-refractivity contribution < 1.29 is 0 Å². The Balaban J connectivity index is 1.80. The highest BCUT2D eigenvalue weighted by Crippen LogP contribution is 2.33. The molecule has 0 saturated heterocycles. The quantitative estimate of drug-likeness (QED) is 0.637. The minimum atomic E-state index is 0.616. The third-order valence-electron chi connectivity index (χ3n) is 3.21. The van der Waals surface area contributed by atoms with Gasteiger partial charge in [-0.05, 0) is 18.8 Å². The van der Waals surface area contributed by atoms with Crippen LogP contribution >= 0.6 is 11.8 Å². The van der Waals surface area contributed by atoms with E-state index in [1.54, 1.807) is 12.4 Å². The molecule has 1 heterocycles. The third kappa shape index (κ3) is 3.85. The topological polar surface area (TPSA) is 63.8 Å². The molecule has 1 aliphatic rings. The molecule has 0 spiro atoms. The Hall–Kier alpha value is -0.810. The number of anilines is 1. The summed E-state index contributed by atoms with van der Waals surface area (Å²) in [6, 6.07) is 0. The zero-order chi connectivity index (χ0) is 12.1. The van der Waals surface area contributed by atoms with Gasteiger partial charge in [-0.3, -0.25) is 4.98 Å². The van der Waals surface area contributed by atoms with Crippen molar-refractivity contribution in [3.63, 3.8) is 0 Å². The number of aromatic nitrogens is 2. The van der Waals surface area contributed by atoms with Crippen LogP contribution in [0.2, 0.25) is 0 Å². The summed E-state index contributed by atoms with van der Waals surface area (Å²) in [6.07, 6.45) is 8.95. The van der Waals surface area contributed by atoms with Crippen LogP contribution in [0, 0.1) is 5.92 Å². The standard InChI is InChI=1S/C12H20N4S/c1-9-3-2-4-11(5-9)17-8-10-6-15-12(16-13)7-14-10/h6-7,9,11H,2-5,8,13H2,1H3,(H,15,16). The van der Waals surface area contributed by atoms with Gasteiger partial charge >= 0.3 is 0 Å². The Bertz CT molecular complexity index is 341. The van der Waals surface area contributed by atoms with Crippen LogP contribution in [0.15, 0.2) is 12.4 Å². The minimum absolute atomic E-state index is 0.616. The highest BCUT2D eigenvalue weighted by atomic mass is 32.2. The first-order chi connectivity index (χ1) is 8.28. The highest BCUT2D eigenvalue weighted by Gasteiger charge is 2.19. The van der Waals surface area contributed by atoms with Crippen molar-refractivity contribution in [2.24, 2.45) is 11.8 Å². The molecule has 94 valence electrons. The molecule has 0 aliphatic heterocycles. The summed E-state index contributed by atoms with van der Waals surface area (Å²) in [5.41, 5.74) is 3.52. The number of rotatable bonds is 4. The molecule has 0 aromatic carbocycles. The van der Waals surface area contributed by atoms with Crippen LogP contribution in [-0.2, 0) is 5.75 Å². The number of thioether (sulfide) groups is 1. The maximum Gasteiger partial charge on any atom is 0.158 e. The fourth-order valence-corrected chi connectivity index (χ4v) is 3.59. The van der Waals surface area contributed by atoms with Gasteiger partial charge in [0.25, 0.3) is 0 Å². The van der Waals surface area contributed by atoms with E-state index in [9.17, 15) is 0 Å². The highest BCUT2D eigenvalue weighted by molar-refractivity contribution is 7.99. The first-order valence-corrected chi connectivity index (χ1v) is 7.22. The van der Waals surface area contributed by atoms with Gasteiger partial charge < -0.3 is 5.43 Å². The van der Waals surface area contributed by atoms with Crippen LogP contribution in [0.1, 0.15) is 38.3 Å². The predicted molar refractivity (Wildman–Crippen MR) is 72.6 cm³/mol. The number of hydrogen-bond acceptors (Lipinski definition) is 5. The number of hydrogen-bond donors (Lipinski definition) is 2. The van der Waals surface area contributed by atoms with Crippen LogP contribution in [0.4, 0.5) is 5.82 Å². The average Bonchev–Trinajstić information content (AvgIpc) is 2.37. The van der Waals surface area contributed by atoms with E-state index in [2.05, 4.69) is 22.3 Å². The molecule has 1 saturated carbocycles. The molecule has 1 aromatic heterocycles. The zero-order valence-corrected chi connectivity index (χ0v) is 11.0. The van der Waals surface area contributed by atoms with Crippen LogP contribution in [0.5, 0.6) is 0 Å². The first-order valence-electron chi connectivity index (χ1n) is 6.17. The van der Waals surface area contributed by atoms with Gasteiger partial charge in [0.05, 0.1) is 18.1 Å². The Morgan fingerprint density at radius 3 is 2.94 bits per heavy atom. The van der Waals surface area contributed by atoms with Gasteiger partial charge in [-0.2, -0.15) is 11.8 Å². The van der Waals surface area contributed by atoms with Crippen molar-refractivity contribution in [2.45, 2.75) is 43.6 Å². The molecular formula is C12H20N4S. The Kier molecular flexibility index (Phi) is 4.62. The Labute approximate surface area is 107 Å². The normalized spacial score (nSPS) is 24.6. The summed E-state index contributed by atoms with van der Waals surface area (Å²) >= 11 is 2.01. The third-order valence-corrected chi connectivity index (χ3v) is 4.57. The molecule has 0 radical (unpaired) electrons. The average molecular weight is 252 g/mol. The fraction of sp³-hybridized carbons (Fsp3) is 0.667. The second-order valence-electron chi connectivity index (χ2n) is 4.74. The molecule has 1 aromatic rings. The van der Waals surface area contributed by atoms with E-state index >= 15 is 0 Å². The van der Waals surface area contributed by atoms with Crippen molar-refractivity contribution in [1.82, 2.24) is 9.97 Å². The molecule has 3 N–H and O–H groups in total. The molecule has 1 aliphatic carbocycles. The van der Waals surface area contributed by atoms with Crippen molar-refractivity contribution >= 4 is 17.6 Å². The summed E-state index contributed by atoms with van der Waals surface area (Å²) in [4.78, 5) is 8.49. The van der Waals surface area contributed by atoms with Crippen molar-refractivity contribution in [1.29, 1.82) is 0 Å². The number of nitrogens with one attached hydrogen (secondary N) is 1. The lowest BCUT2D eigenvalue weighted by Gasteiger charge is -2.25. The van der Waals surface area contributed by atoms with Gasteiger partial charge in [0.1, 0.15) is 0 Å². The Morgan fingerprint density at radius 2 is 2.29 bits per heavy atom. The van der Waals surface area contributed by atoms with Gasteiger partial charge in [0.2, 0.25) is 0 Å². The predicted octanol–water partition coefficient (Wildman–Crippen LogP) is 2.57. The molecule has 17 heavy (non-hydrogen) atoms. The summed E-state index contributed by atoms with van der Waals surface area (Å²) in [5, 5.41) is 0.799. The number of nitrogen functional groups attached to an aromatic ring is 1. The van der Waals surface area contributed by atoms with Gasteiger partial charge in [-0.1, -0.05) is 19.8 Å². The van der Waals surface area contributed by atoms with Gasteiger partial charge in [-0.25, -0.2) is 10.8 Å². The molecule has 2 atom stereocenters. The summed E-state index contributed by atoms with van der Waals surface area (Å²) in [7, 11) is 0. The molecule has 0 bridgehead atoms. The van der Waals surface area contributed by atoms with E-state index < -0.39 is 0 Å². The molecule has 0 amide bonds. The van der Waals surface area contributed by atoms with E-state index in [1.165, 1.54) is 25.7 Å². The molecule has 1 fully saturated rings. The molecule has 2 unspecified atom stereocenters. The minimum Gasteiger partial charge on any atom is -0.307 e. The lowest BCUT2D eigenvalue weighted by atomic mass is 9.91. The SMILES string of the molecule is CC1CCCC(SCc2cnc(NN)cn2)C1. The van der Waals surface area contributed by atoms with Crippen LogP contribution in [-0.4, -0.2) is 15.2 Å². The van der Waals surface area contributed by atoms with Crippen molar-refractivity contribution in [3.8, 4) is 0 Å². The molecule has 2 rings (SSSR count). The summed E-state index contributed by atoms with van der Waals surface area (Å²) in [6.45, 7) is 2.36. The van der Waals surface area contributed by atoms with Gasteiger partial charge in [0, 0.05) is 11.0 Å². The molecule has 4 nitrogen and oxygen atoms in total.